The summed E-state index contributed by atoms with van der Waals surface area (Å²) in [6.07, 6.45) is 5.25. The van der Waals surface area contributed by atoms with Gasteiger partial charge in [-0.2, -0.15) is 0 Å². The van der Waals surface area contributed by atoms with Crippen molar-refractivity contribution in [3.05, 3.63) is 0 Å². The van der Waals surface area contributed by atoms with Gasteiger partial charge in [0.15, 0.2) is 0 Å². The Morgan fingerprint density at radius 3 is 2.53 bits per heavy atom. The SMILES string of the molecule is CNCCCS(=O)(=O)N(C)C1CCCCC1C. The first-order chi connectivity index (χ1) is 7.99. The largest absolute Gasteiger partial charge is 0.320 e. The molecule has 0 bridgehead atoms. The van der Waals surface area contributed by atoms with E-state index in [0.717, 1.165) is 25.8 Å². The Hall–Kier alpha value is -0.130. The van der Waals surface area contributed by atoms with E-state index >= 15 is 0 Å². The van der Waals surface area contributed by atoms with E-state index in [2.05, 4.69) is 12.2 Å². The van der Waals surface area contributed by atoms with E-state index in [1.165, 1.54) is 6.42 Å². The fraction of sp³-hybridized carbons (Fsp3) is 1.00. The van der Waals surface area contributed by atoms with Crippen LogP contribution in [0.4, 0.5) is 0 Å². The number of rotatable bonds is 6. The van der Waals surface area contributed by atoms with Crippen molar-refractivity contribution >= 4 is 10.0 Å². The highest BCUT2D eigenvalue weighted by Crippen LogP contribution is 2.28. The Morgan fingerprint density at radius 2 is 1.94 bits per heavy atom. The monoisotopic (exact) mass is 262 g/mol. The minimum atomic E-state index is -3.07. The van der Waals surface area contributed by atoms with Crippen molar-refractivity contribution < 1.29 is 8.42 Å². The Labute approximate surface area is 106 Å². The Morgan fingerprint density at radius 1 is 1.29 bits per heavy atom. The van der Waals surface area contributed by atoms with Crippen molar-refractivity contribution in [3.63, 3.8) is 0 Å². The quantitative estimate of drug-likeness (QED) is 0.737. The van der Waals surface area contributed by atoms with Gasteiger partial charge < -0.3 is 5.32 Å². The Balaban J connectivity index is 2.57. The Bertz CT molecular complexity index is 316. The second-order valence-electron chi connectivity index (χ2n) is 5.12. The van der Waals surface area contributed by atoms with E-state index in [9.17, 15) is 8.42 Å². The van der Waals surface area contributed by atoms with Crippen LogP contribution in [0, 0.1) is 5.92 Å². The summed E-state index contributed by atoms with van der Waals surface area (Å²) in [4.78, 5) is 0. The lowest BCUT2D eigenvalue weighted by Crippen LogP contribution is -2.43. The minimum absolute atomic E-state index is 0.211. The molecule has 2 unspecified atom stereocenters. The molecule has 4 nitrogen and oxygen atoms in total. The third kappa shape index (κ3) is 4.23. The molecule has 1 rings (SSSR count). The standard InChI is InChI=1S/C12H26N2O2S/c1-11-7-4-5-8-12(11)14(3)17(15,16)10-6-9-13-2/h11-13H,4-10H2,1-3H3. The van der Waals surface area contributed by atoms with Gasteiger partial charge in [-0.1, -0.05) is 19.8 Å². The number of nitrogens with one attached hydrogen (secondary N) is 1. The second-order valence-corrected chi connectivity index (χ2v) is 7.27. The number of nitrogens with zero attached hydrogens (tertiary/aromatic N) is 1. The average Bonchev–Trinajstić information content (AvgIpc) is 2.29. The van der Waals surface area contributed by atoms with Gasteiger partial charge in [-0.25, -0.2) is 12.7 Å². The van der Waals surface area contributed by atoms with Crippen LogP contribution < -0.4 is 5.32 Å². The highest BCUT2D eigenvalue weighted by molar-refractivity contribution is 7.89. The van der Waals surface area contributed by atoms with Crippen LogP contribution in [-0.2, 0) is 10.0 Å². The first-order valence-electron chi connectivity index (χ1n) is 6.59. The summed E-state index contributed by atoms with van der Waals surface area (Å²) < 4.78 is 25.9. The van der Waals surface area contributed by atoms with Crippen LogP contribution >= 0.6 is 0 Å². The van der Waals surface area contributed by atoms with E-state index in [1.54, 1.807) is 11.4 Å². The molecular formula is C12H26N2O2S. The van der Waals surface area contributed by atoms with E-state index in [4.69, 9.17) is 0 Å². The highest BCUT2D eigenvalue weighted by atomic mass is 32.2. The molecule has 1 fully saturated rings. The van der Waals surface area contributed by atoms with Gasteiger partial charge in [0.05, 0.1) is 5.75 Å². The summed E-state index contributed by atoms with van der Waals surface area (Å²) >= 11 is 0. The maximum absolute atomic E-state index is 12.1. The normalized spacial score (nSPS) is 26.4. The molecule has 1 aliphatic rings. The maximum atomic E-state index is 12.1. The highest BCUT2D eigenvalue weighted by Gasteiger charge is 2.31. The summed E-state index contributed by atoms with van der Waals surface area (Å²) in [5, 5.41) is 2.98. The fourth-order valence-corrected chi connectivity index (χ4v) is 4.14. The van der Waals surface area contributed by atoms with Crippen molar-refractivity contribution in [2.45, 2.75) is 45.1 Å². The van der Waals surface area contributed by atoms with Crippen molar-refractivity contribution in [2.75, 3.05) is 26.4 Å². The molecule has 0 aromatic heterocycles. The van der Waals surface area contributed by atoms with E-state index in [0.29, 0.717) is 12.3 Å². The Kier molecular flexibility index (Phi) is 5.89. The van der Waals surface area contributed by atoms with Crippen LogP contribution in [0.2, 0.25) is 0 Å². The van der Waals surface area contributed by atoms with Gasteiger partial charge in [-0.05, 0) is 38.8 Å². The molecule has 1 saturated carbocycles. The molecule has 0 heterocycles. The number of hydrogen-bond acceptors (Lipinski definition) is 3. The molecule has 0 aromatic carbocycles. The van der Waals surface area contributed by atoms with E-state index in [1.807, 2.05) is 7.05 Å². The third-order valence-electron chi connectivity index (χ3n) is 3.80. The summed E-state index contributed by atoms with van der Waals surface area (Å²) in [6.45, 7) is 2.93. The molecule has 0 aliphatic heterocycles. The molecule has 0 aromatic rings. The second kappa shape index (κ2) is 6.71. The molecule has 0 saturated heterocycles. The lowest BCUT2D eigenvalue weighted by molar-refractivity contribution is 0.213. The lowest BCUT2D eigenvalue weighted by Gasteiger charge is -2.35. The van der Waals surface area contributed by atoms with Gasteiger partial charge in [0.25, 0.3) is 0 Å². The summed E-state index contributed by atoms with van der Waals surface area (Å²) in [7, 11) is 0.526. The van der Waals surface area contributed by atoms with Crippen LogP contribution in [0.25, 0.3) is 0 Å². The first kappa shape index (κ1) is 14.9. The van der Waals surface area contributed by atoms with Gasteiger partial charge in [0.2, 0.25) is 10.0 Å². The molecule has 0 amide bonds. The molecule has 17 heavy (non-hydrogen) atoms. The lowest BCUT2D eigenvalue weighted by atomic mass is 9.86. The zero-order chi connectivity index (χ0) is 12.9. The molecule has 2 atom stereocenters. The molecule has 1 N–H and O–H groups in total. The number of sulfonamides is 1. The van der Waals surface area contributed by atoms with Gasteiger partial charge in [0, 0.05) is 13.1 Å². The maximum Gasteiger partial charge on any atom is 0.214 e. The molecular weight excluding hydrogens is 236 g/mol. The summed E-state index contributed by atoms with van der Waals surface area (Å²) in [6, 6.07) is 0.211. The van der Waals surface area contributed by atoms with Gasteiger partial charge in [-0.15, -0.1) is 0 Å². The van der Waals surface area contributed by atoms with Crippen molar-refractivity contribution in [3.8, 4) is 0 Å². The molecule has 5 heteroatoms. The molecule has 102 valence electrons. The van der Waals surface area contributed by atoms with Crippen molar-refractivity contribution in [1.29, 1.82) is 0 Å². The van der Waals surface area contributed by atoms with Crippen LogP contribution in [0.5, 0.6) is 0 Å². The van der Waals surface area contributed by atoms with E-state index < -0.39 is 10.0 Å². The van der Waals surface area contributed by atoms with Crippen LogP contribution in [-0.4, -0.2) is 45.2 Å². The summed E-state index contributed by atoms with van der Waals surface area (Å²) in [5.74, 6) is 0.751. The third-order valence-corrected chi connectivity index (χ3v) is 5.75. The zero-order valence-corrected chi connectivity index (χ0v) is 12.1. The summed E-state index contributed by atoms with van der Waals surface area (Å²) in [5.41, 5.74) is 0. The molecule has 1 aliphatic carbocycles. The van der Waals surface area contributed by atoms with E-state index in [-0.39, 0.29) is 11.8 Å². The first-order valence-corrected chi connectivity index (χ1v) is 8.20. The van der Waals surface area contributed by atoms with Crippen LogP contribution in [0.1, 0.15) is 39.0 Å². The zero-order valence-electron chi connectivity index (χ0n) is 11.3. The predicted molar refractivity (Wildman–Crippen MR) is 71.5 cm³/mol. The van der Waals surface area contributed by atoms with Crippen LogP contribution in [0.3, 0.4) is 0 Å². The van der Waals surface area contributed by atoms with Crippen molar-refractivity contribution in [1.82, 2.24) is 9.62 Å². The van der Waals surface area contributed by atoms with Gasteiger partial charge >= 0.3 is 0 Å². The topological polar surface area (TPSA) is 49.4 Å². The predicted octanol–water partition coefficient (Wildman–Crippen LogP) is 1.44. The van der Waals surface area contributed by atoms with Crippen LogP contribution in [0.15, 0.2) is 0 Å². The molecule has 0 spiro atoms. The minimum Gasteiger partial charge on any atom is -0.320 e. The van der Waals surface area contributed by atoms with Gasteiger partial charge in [0.1, 0.15) is 0 Å². The molecule has 0 radical (unpaired) electrons. The number of hydrogen-bond donors (Lipinski definition) is 1. The fourth-order valence-electron chi connectivity index (χ4n) is 2.62. The van der Waals surface area contributed by atoms with Crippen molar-refractivity contribution in [2.24, 2.45) is 5.92 Å². The van der Waals surface area contributed by atoms with Gasteiger partial charge in [-0.3, -0.25) is 0 Å². The smallest absolute Gasteiger partial charge is 0.214 e. The average molecular weight is 262 g/mol.